The summed E-state index contributed by atoms with van der Waals surface area (Å²) in [5, 5.41) is 1.87. The molecule has 1 aromatic heterocycles. The molecule has 0 unspecified atom stereocenters. The maximum absolute atomic E-state index is 13.4. The highest BCUT2D eigenvalue weighted by atomic mass is 32.1. The number of alkyl halides is 3. The van der Waals surface area contributed by atoms with Crippen molar-refractivity contribution in [3.63, 3.8) is 0 Å². The lowest BCUT2D eigenvalue weighted by Crippen LogP contribution is -2.55. The zero-order valence-electron chi connectivity index (χ0n) is 19.0. The Morgan fingerprint density at radius 1 is 1.14 bits per heavy atom. The van der Waals surface area contributed by atoms with Crippen molar-refractivity contribution in [2.75, 3.05) is 26.7 Å². The monoisotopic (exact) mass is 501 g/mol. The molecule has 0 saturated carbocycles. The minimum absolute atomic E-state index is 0.0273. The van der Waals surface area contributed by atoms with Crippen molar-refractivity contribution >= 4 is 28.8 Å². The molecule has 1 fully saturated rings. The van der Waals surface area contributed by atoms with Gasteiger partial charge in [-0.15, -0.1) is 11.3 Å². The molecule has 0 aliphatic carbocycles. The van der Waals surface area contributed by atoms with Crippen LogP contribution in [-0.4, -0.2) is 54.3 Å². The number of methoxy groups -OCH3 is 1. The average Bonchev–Trinajstić information content (AvgIpc) is 3.32. The summed E-state index contributed by atoms with van der Waals surface area (Å²) in [6, 6.07) is 12.0. The second-order valence-corrected chi connectivity index (χ2v) is 9.30. The molecule has 3 aromatic rings. The van der Waals surface area contributed by atoms with Gasteiger partial charge in [-0.2, -0.15) is 13.2 Å². The highest BCUT2D eigenvalue weighted by Crippen LogP contribution is 2.42. The lowest BCUT2D eigenvalue weighted by Gasteiger charge is -2.41. The number of carbonyl (C=O) groups excluding carboxylic acids is 1. The third kappa shape index (κ3) is 4.45. The number of halogens is 3. The van der Waals surface area contributed by atoms with E-state index in [1.165, 1.54) is 24.5 Å². The van der Waals surface area contributed by atoms with E-state index in [4.69, 9.17) is 9.47 Å². The molecule has 1 saturated heterocycles. The maximum atomic E-state index is 13.4. The normalized spacial score (nSPS) is 17.6. The van der Waals surface area contributed by atoms with Crippen LogP contribution in [0.15, 0.2) is 58.9 Å². The summed E-state index contributed by atoms with van der Waals surface area (Å²) in [6.45, 7) is 3.33. The number of carbonyl (C=O) groups is 1. The number of piperazine rings is 1. The third-order valence-electron chi connectivity index (χ3n) is 6.08. The van der Waals surface area contributed by atoms with Crippen LogP contribution in [0.25, 0.3) is 0 Å². The topological polar surface area (TPSA) is 54.4 Å². The fraction of sp³-hybridized carbons (Fsp3) is 0.280. The fourth-order valence-corrected chi connectivity index (χ4v) is 4.97. The summed E-state index contributed by atoms with van der Waals surface area (Å²) in [5.41, 5.74) is -0.0969. The Balaban J connectivity index is 1.53. The molecular weight excluding hydrogens is 479 g/mol. The van der Waals surface area contributed by atoms with Gasteiger partial charge in [-0.1, -0.05) is 6.07 Å². The van der Waals surface area contributed by atoms with Crippen molar-refractivity contribution in [3.05, 3.63) is 69.9 Å². The number of hydrogen-bond donors (Lipinski definition) is 0. The van der Waals surface area contributed by atoms with Gasteiger partial charge >= 0.3 is 6.18 Å². The van der Waals surface area contributed by atoms with Gasteiger partial charge < -0.3 is 19.3 Å². The molecule has 182 valence electrons. The van der Waals surface area contributed by atoms with E-state index in [1.807, 2.05) is 28.2 Å². The van der Waals surface area contributed by atoms with Crippen LogP contribution < -0.4 is 9.47 Å². The highest BCUT2D eigenvalue weighted by Gasteiger charge is 2.34. The molecule has 0 spiro atoms. The SMILES string of the molecule is COc1ccc2c(c1)C(N1CCN(C(=O)c3cccs3)[C@H](C)C1)=Nc1cc(C(F)(F)F)ccc1O2. The first kappa shape index (κ1) is 23.2. The van der Waals surface area contributed by atoms with Crippen molar-refractivity contribution in [1.82, 2.24) is 9.80 Å². The maximum Gasteiger partial charge on any atom is 0.416 e. The first-order chi connectivity index (χ1) is 16.7. The number of thiophene rings is 1. The van der Waals surface area contributed by atoms with Crippen molar-refractivity contribution in [3.8, 4) is 17.2 Å². The Bertz CT molecular complexity index is 1290. The van der Waals surface area contributed by atoms with Crippen LogP contribution in [-0.2, 0) is 6.18 Å². The average molecular weight is 502 g/mol. The molecule has 5 rings (SSSR count). The lowest BCUT2D eigenvalue weighted by molar-refractivity contribution is -0.137. The Morgan fingerprint density at radius 3 is 2.63 bits per heavy atom. The van der Waals surface area contributed by atoms with E-state index >= 15 is 0 Å². The van der Waals surface area contributed by atoms with Gasteiger partial charge in [0.25, 0.3) is 5.91 Å². The summed E-state index contributed by atoms with van der Waals surface area (Å²) >= 11 is 1.40. The van der Waals surface area contributed by atoms with Gasteiger partial charge in [0, 0.05) is 25.7 Å². The summed E-state index contributed by atoms with van der Waals surface area (Å²) in [7, 11) is 1.54. The summed E-state index contributed by atoms with van der Waals surface area (Å²) < 4.78 is 51.6. The zero-order valence-corrected chi connectivity index (χ0v) is 19.8. The van der Waals surface area contributed by atoms with Crippen LogP contribution in [0.4, 0.5) is 18.9 Å². The molecule has 0 radical (unpaired) electrons. The standard InChI is InChI=1S/C25H22F3N3O3S/c1-15-14-30(9-10-31(15)24(32)22-4-3-11-35-22)23-18-13-17(33-2)6-8-20(18)34-21-7-5-16(25(26,27)28)12-19(21)29-23/h3-8,11-13,15H,9-10,14H2,1-2H3/t15-/m1/s1. The molecule has 1 atom stereocenters. The molecule has 2 aliphatic rings. The van der Waals surface area contributed by atoms with E-state index in [2.05, 4.69) is 4.99 Å². The van der Waals surface area contributed by atoms with Gasteiger partial charge in [-0.3, -0.25) is 4.79 Å². The number of benzene rings is 2. The first-order valence-electron chi connectivity index (χ1n) is 11.0. The predicted octanol–water partition coefficient (Wildman–Crippen LogP) is 5.81. The van der Waals surface area contributed by atoms with Crippen LogP contribution in [0.2, 0.25) is 0 Å². The van der Waals surface area contributed by atoms with Crippen molar-refractivity contribution in [2.24, 2.45) is 4.99 Å². The van der Waals surface area contributed by atoms with Gasteiger partial charge in [0.05, 0.1) is 23.1 Å². The molecule has 0 N–H and O–H groups in total. The molecule has 0 bridgehead atoms. The molecule has 1 amide bonds. The first-order valence-corrected chi connectivity index (χ1v) is 11.9. The Hall–Kier alpha value is -3.53. The van der Waals surface area contributed by atoms with Gasteiger partial charge in [-0.25, -0.2) is 4.99 Å². The number of rotatable bonds is 2. The van der Waals surface area contributed by atoms with Gasteiger partial charge in [0.2, 0.25) is 0 Å². The van der Waals surface area contributed by atoms with Crippen LogP contribution in [0.1, 0.15) is 27.7 Å². The number of fused-ring (bicyclic) bond motifs is 2. The van der Waals surface area contributed by atoms with Crippen LogP contribution in [0.3, 0.4) is 0 Å². The van der Waals surface area contributed by atoms with Gasteiger partial charge in [-0.05, 0) is 54.8 Å². The fourth-order valence-electron chi connectivity index (χ4n) is 4.29. The van der Waals surface area contributed by atoms with Crippen molar-refractivity contribution in [2.45, 2.75) is 19.1 Å². The quantitative estimate of drug-likeness (QED) is 0.445. The lowest BCUT2D eigenvalue weighted by atomic mass is 10.1. The molecule has 3 heterocycles. The Morgan fingerprint density at radius 2 is 1.94 bits per heavy atom. The number of aliphatic imine (C=N–C) groups is 1. The number of hydrogen-bond acceptors (Lipinski definition) is 6. The smallest absolute Gasteiger partial charge is 0.416 e. The van der Waals surface area contributed by atoms with E-state index in [0.717, 1.165) is 12.1 Å². The minimum Gasteiger partial charge on any atom is -0.497 e. The summed E-state index contributed by atoms with van der Waals surface area (Å²) in [4.78, 5) is 22.1. The molecule has 10 heteroatoms. The second kappa shape index (κ2) is 8.92. The number of ether oxygens (including phenoxy) is 2. The van der Waals surface area contributed by atoms with Crippen molar-refractivity contribution in [1.29, 1.82) is 0 Å². The third-order valence-corrected chi connectivity index (χ3v) is 6.94. The van der Waals surface area contributed by atoms with Gasteiger partial charge in [0.15, 0.2) is 5.75 Å². The van der Waals surface area contributed by atoms with E-state index in [-0.39, 0.29) is 23.4 Å². The van der Waals surface area contributed by atoms with Crippen molar-refractivity contribution < 1.29 is 27.4 Å². The van der Waals surface area contributed by atoms with Crippen LogP contribution in [0, 0.1) is 0 Å². The highest BCUT2D eigenvalue weighted by molar-refractivity contribution is 7.12. The Kier molecular flexibility index (Phi) is 5.92. The van der Waals surface area contributed by atoms with E-state index in [0.29, 0.717) is 47.4 Å². The molecule has 35 heavy (non-hydrogen) atoms. The zero-order chi connectivity index (χ0) is 24.7. The minimum atomic E-state index is -4.50. The van der Waals surface area contributed by atoms with E-state index < -0.39 is 11.7 Å². The predicted molar refractivity (Wildman–Crippen MR) is 127 cm³/mol. The van der Waals surface area contributed by atoms with Crippen LogP contribution in [0.5, 0.6) is 17.2 Å². The number of nitrogens with zero attached hydrogens (tertiary/aromatic N) is 3. The molecule has 2 aliphatic heterocycles. The Labute approximate surface area is 204 Å². The van der Waals surface area contributed by atoms with E-state index in [1.54, 1.807) is 24.3 Å². The molecule has 2 aromatic carbocycles. The molecular formula is C25H22F3N3O3S. The molecule has 6 nitrogen and oxygen atoms in total. The van der Waals surface area contributed by atoms with Gasteiger partial charge in [0.1, 0.15) is 23.0 Å². The largest absolute Gasteiger partial charge is 0.497 e. The second-order valence-electron chi connectivity index (χ2n) is 8.35. The number of amidine groups is 1. The summed E-state index contributed by atoms with van der Waals surface area (Å²) in [5.74, 6) is 1.72. The van der Waals surface area contributed by atoms with E-state index in [9.17, 15) is 18.0 Å². The number of amides is 1. The summed E-state index contributed by atoms with van der Waals surface area (Å²) in [6.07, 6.45) is -4.50. The van der Waals surface area contributed by atoms with Crippen LogP contribution >= 0.6 is 11.3 Å².